The molecule has 4 atom stereocenters. The van der Waals surface area contributed by atoms with Crippen molar-refractivity contribution in [3.05, 3.63) is 58.6 Å². The Morgan fingerprint density at radius 1 is 1.48 bits per heavy atom. The molecule has 1 saturated heterocycles. The van der Waals surface area contributed by atoms with E-state index in [1.165, 1.54) is 13.3 Å². The van der Waals surface area contributed by atoms with Gasteiger partial charge in [0.1, 0.15) is 12.2 Å². The van der Waals surface area contributed by atoms with Crippen molar-refractivity contribution in [1.82, 2.24) is 9.55 Å². The first-order valence-electron chi connectivity index (χ1n) is 7.31. The van der Waals surface area contributed by atoms with Crippen LogP contribution >= 0.6 is 0 Å². The summed E-state index contributed by atoms with van der Waals surface area (Å²) < 4.78 is 25.5. The second-order valence-electron chi connectivity index (χ2n) is 5.27. The van der Waals surface area contributed by atoms with Crippen LogP contribution in [0.25, 0.3) is 0 Å². The van der Waals surface area contributed by atoms with Crippen LogP contribution < -0.4 is 11.2 Å². The minimum atomic E-state index is -1.75. The van der Waals surface area contributed by atoms with Crippen LogP contribution in [-0.2, 0) is 42.2 Å². The molecule has 131 valence electrons. The number of aromatic nitrogens is 2. The first-order valence-corrected chi connectivity index (χ1v) is 7.31. The monoisotopic (exact) mass is 422 g/mol. The minimum absolute atomic E-state index is 0. The van der Waals surface area contributed by atoms with Crippen molar-refractivity contribution in [2.75, 3.05) is 13.7 Å². The van der Waals surface area contributed by atoms with E-state index in [1.807, 2.05) is 0 Å². The molecule has 2 aromatic rings. The van der Waals surface area contributed by atoms with Crippen LogP contribution in [0.1, 0.15) is 6.23 Å². The summed E-state index contributed by atoms with van der Waals surface area (Å²) in [6, 6.07) is 12.6. The molecular formula is C16H16FN3O4Y-2. The van der Waals surface area contributed by atoms with Crippen LogP contribution in [0, 0.1) is 12.1 Å². The molecule has 9 heteroatoms. The molecule has 1 unspecified atom stereocenters. The molecule has 0 saturated carbocycles. The number of aromatic amines is 1. The SMILES string of the molecule is COC[C@H]1O[C@@H](n2c[c-]c(=Nc3[c-]cccc3)[nH]c2=O)[C@@H](F)C1O.[Y]. The normalized spacial score (nSPS) is 26.4. The van der Waals surface area contributed by atoms with Crippen LogP contribution in [0.2, 0.25) is 0 Å². The average Bonchev–Trinajstić information content (AvgIpc) is 2.85. The third kappa shape index (κ3) is 4.51. The number of methoxy groups -OCH3 is 1. The predicted octanol–water partition coefficient (Wildman–Crippen LogP) is 0.249. The Hall–Kier alpha value is -1.19. The van der Waals surface area contributed by atoms with E-state index in [9.17, 15) is 14.3 Å². The van der Waals surface area contributed by atoms with Crippen LogP contribution in [0.5, 0.6) is 0 Å². The fourth-order valence-electron chi connectivity index (χ4n) is 2.44. The Morgan fingerprint density at radius 3 is 2.92 bits per heavy atom. The molecule has 0 spiro atoms. The number of para-hydroxylation sites is 1. The molecule has 7 nitrogen and oxygen atoms in total. The van der Waals surface area contributed by atoms with Crippen molar-refractivity contribution in [2.24, 2.45) is 4.99 Å². The molecule has 2 heterocycles. The Balaban J connectivity index is 0.00000225. The van der Waals surface area contributed by atoms with Crippen LogP contribution in [0.15, 0.2) is 40.2 Å². The Morgan fingerprint density at radius 2 is 2.28 bits per heavy atom. The van der Waals surface area contributed by atoms with Gasteiger partial charge in [0.2, 0.25) is 0 Å². The van der Waals surface area contributed by atoms with E-state index in [2.05, 4.69) is 22.1 Å². The summed E-state index contributed by atoms with van der Waals surface area (Å²) in [7, 11) is 1.42. The van der Waals surface area contributed by atoms with E-state index in [0.29, 0.717) is 5.69 Å². The smallest absolute Gasteiger partial charge is 0.324 e. The Bertz CT molecular complexity index is 811. The zero-order chi connectivity index (χ0) is 17.1. The summed E-state index contributed by atoms with van der Waals surface area (Å²) in [5, 5.41) is 9.82. The summed E-state index contributed by atoms with van der Waals surface area (Å²) in [4.78, 5) is 18.8. The maximum Gasteiger partial charge on any atom is 0.324 e. The van der Waals surface area contributed by atoms with E-state index in [1.54, 1.807) is 24.3 Å². The van der Waals surface area contributed by atoms with E-state index >= 15 is 0 Å². The molecule has 3 rings (SSSR count). The number of hydrogen-bond donors (Lipinski definition) is 2. The topological polar surface area (TPSA) is 88.8 Å². The minimum Gasteiger partial charge on any atom is -0.410 e. The Kier molecular flexibility index (Phi) is 7.21. The van der Waals surface area contributed by atoms with Gasteiger partial charge in [-0.2, -0.15) is 30.5 Å². The van der Waals surface area contributed by atoms with Gasteiger partial charge < -0.3 is 30.2 Å². The number of benzene rings is 1. The molecule has 1 aromatic heterocycles. The van der Waals surface area contributed by atoms with Crippen molar-refractivity contribution in [1.29, 1.82) is 0 Å². The number of H-pyrrole nitrogens is 1. The number of aliphatic hydroxyl groups is 1. The number of rotatable bonds is 4. The third-order valence-electron chi connectivity index (χ3n) is 3.62. The van der Waals surface area contributed by atoms with Gasteiger partial charge in [0.05, 0.1) is 6.61 Å². The van der Waals surface area contributed by atoms with Crippen LogP contribution in [-0.4, -0.2) is 46.8 Å². The van der Waals surface area contributed by atoms with Crippen molar-refractivity contribution in [2.45, 2.75) is 24.6 Å². The zero-order valence-electron chi connectivity index (χ0n) is 13.4. The van der Waals surface area contributed by atoms with Crippen molar-refractivity contribution in [3.8, 4) is 0 Å². The molecule has 25 heavy (non-hydrogen) atoms. The number of ether oxygens (including phenoxy) is 2. The van der Waals surface area contributed by atoms with Gasteiger partial charge in [-0.1, -0.05) is 5.69 Å². The van der Waals surface area contributed by atoms with Gasteiger partial charge in [0.15, 0.2) is 12.4 Å². The van der Waals surface area contributed by atoms with E-state index in [0.717, 1.165) is 4.57 Å². The first kappa shape index (κ1) is 20.1. The average molecular weight is 422 g/mol. The quantitative estimate of drug-likeness (QED) is 0.692. The number of hydrogen-bond acceptors (Lipinski definition) is 5. The number of alkyl halides is 1. The third-order valence-corrected chi connectivity index (χ3v) is 3.62. The number of halogens is 1. The maximum absolute atomic E-state index is 14.2. The Labute approximate surface area is 168 Å². The number of nitrogens with one attached hydrogen (secondary N) is 1. The fourth-order valence-corrected chi connectivity index (χ4v) is 2.44. The summed E-state index contributed by atoms with van der Waals surface area (Å²) in [5.41, 5.74) is 0.0839. The number of aliphatic hydroxyl groups excluding tert-OH is 1. The second kappa shape index (κ2) is 8.96. The van der Waals surface area contributed by atoms with Crippen molar-refractivity contribution < 1.29 is 51.7 Å². The van der Waals surface area contributed by atoms with E-state index in [4.69, 9.17) is 9.47 Å². The van der Waals surface area contributed by atoms with E-state index in [-0.39, 0.29) is 44.8 Å². The number of nitrogens with zero attached hydrogens (tertiary/aromatic N) is 2. The summed E-state index contributed by atoms with van der Waals surface area (Å²) in [5.74, 6) is 0. The van der Waals surface area contributed by atoms with E-state index < -0.39 is 30.3 Å². The molecule has 1 aromatic carbocycles. The van der Waals surface area contributed by atoms with Crippen LogP contribution in [0.4, 0.5) is 10.1 Å². The van der Waals surface area contributed by atoms with Crippen LogP contribution in [0.3, 0.4) is 0 Å². The van der Waals surface area contributed by atoms with Gasteiger partial charge in [-0.25, -0.2) is 9.18 Å². The standard InChI is InChI=1S/C16H16FN3O4.Y/c1-23-9-11-14(21)13(17)15(24-11)20-8-7-12(19-16(20)22)18-10-5-3-2-4-6-10;/h2-5,8,11,13-15,21H,9H2,1H3,(H,18,19,22);/q-2;/t11-,13+,14?,15-;/m1./s1. The van der Waals surface area contributed by atoms with Gasteiger partial charge in [-0.3, -0.25) is 4.99 Å². The molecule has 1 aliphatic heterocycles. The predicted molar refractivity (Wildman–Crippen MR) is 81.1 cm³/mol. The first-order chi connectivity index (χ1) is 11.6. The molecule has 2 N–H and O–H groups in total. The van der Waals surface area contributed by atoms with Gasteiger partial charge in [0, 0.05) is 39.8 Å². The molecule has 1 radical (unpaired) electrons. The molecular weight excluding hydrogens is 406 g/mol. The second-order valence-corrected chi connectivity index (χ2v) is 5.27. The molecule has 0 amide bonds. The molecule has 1 fully saturated rings. The summed E-state index contributed by atoms with van der Waals surface area (Å²) in [6.07, 6.45) is -3.97. The largest absolute Gasteiger partial charge is 0.410 e. The molecule has 1 aliphatic rings. The van der Waals surface area contributed by atoms with Gasteiger partial charge >= 0.3 is 5.69 Å². The van der Waals surface area contributed by atoms with Gasteiger partial charge in [-0.15, -0.1) is 6.07 Å². The van der Waals surface area contributed by atoms with Crippen molar-refractivity contribution >= 4 is 5.69 Å². The molecule has 0 aliphatic carbocycles. The summed E-state index contributed by atoms with van der Waals surface area (Å²) >= 11 is 0. The van der Waals surface area contributed by atoms with Crippen molar-refractivity contribution in [3.63, 3.8) is 0 Å². The fraction of sp³-hybridized carbons (Fsp3) is 0.375. The molecule has 0 bridgehead atoms. The maximum atomic E-state index is 14.2. The zero-order valence-corrected chi connectivity index (χ0v) is 16.3. The summed E-state index contributed by atoms with van der Waals surface area (Å²) in [6.45, 7) is 0.0253. The van der Waals surface area contributed by atoms with Gasteiger partial charge in [0.25, 0.3) is 0 Å². The van der Waals surface area contributed by atoms with Gasteiger partial charge in [-0.05, 0) is 5.49 Å².